The highest BCUT2D eigenvalue weighted by Crippen LogP contribution is 2.10. The van der Waals surface area contributed by atoms with Crippen molar-refractivity contribution in [3.05, 3.63) is 30.0 Å². The second kappa shape index (κ2) is 2.58. The van der Waals surface area contributed by atoms with Crippen LogP contribution < -0.4 is 5.32 Å². The molecule has 0 unspecified atom stereocenters. The zero-order valence-corrected chi connectivity index (χ0v) is 5.39. The molecule has 1 rings (SSSR count). The molecule has 2 N–H and O–H groups in total. The van der Waals surface area contributed by atoms with Gasteiger partial charge in [-0.15, -0.1) is 0 Å². The van der Waals surface area contributed by atoms with E-state index in [0.717, 1.165) is 12.1 Å². The summed E-state index contributed by atoms with van der Waals surface area (Å²) in [4.78, 5) is 0. The molecular weight excluding hydrogens is 114 g/mol. The molecule has 0 saturated carbocycles. The van der Waals surface area contributed by atoms with E-state index in [4.69, 9.17) is 5.11 Å². The SMILES string of the molecule is CNC1=CC[CH]C(O)=C1. The Morgan fingerprint density at radius 2 is 2.44 bits per heavy atom. The molecule has 1 aliphatic carbocycles. The first-order chi connectivity index (χ1) is 4.33. The largest absolute Gasteiger partial charge is 0.512 e. The maximum Gasteiger partial charge on any atom is 0.0984 e. The van der Waals surface area contributed by atoms with Gasteiger partial charge in [0.25, 0.3) is 0 Å². The zero-order valence-electron chi connectivity index (χ0n) is 5.39. The number of likely N-dealkylation sites (N-methyl/N-ethyl adjacent to an activating group) is 1. The monoisotopic (exact) mass is 124 g/mol. The molecule has 0 saturated heterocycles. The Labute approximate surface area is 54.9 Å². The van der Waals surface area contributed by atoms with Gasteiger partial charge < -0.3 is 10.4 Å². The quantitative estimate of drug-likeness (QED) is 0.549. The number of rotatable bonds is 1. The molecule has 2 nitrogen and oxygen atoms in total. The summed E-state index contributed by atoms with van der Waals surface area (Å²) in [6, 6.07) is 0. The van der Waals surface area contributed by atoms with E-state index >= 15 is 0 Å². The predicted molar refractivity (Wildman–Crippen MR) is 36.8 cm³/mol. The molecule has 0 bridgehead atoms. The molecule has 0 amide bonds. The molecular formula is C7H10NO. The molecule has 0 aromatic carbocycles. The molecule has 0 aliphatic heterocycles. The Bertz CT molecular complexity index is 158. The van der Waals surface area contributed by atoms with Gasteiger partial charge in [0.15, 0.2) is 0 Å². The van der Waals surface area contributed by atoms with E-state index in [1.54, 1.807) is 12.5 Å². The highest BCUT2D eigenvalue weighted by molar-refractivity contribution is 5.27. The summed E-state index contributed by atoms with van der Waals surface area (Å²) in [5.41, 5.74) is 0.981. The minimum Gasteiger partial charge on any atom is -0.512 e. The van der Waals surface area contributed by atoms with Crippen LogP contribution in [0.3, 0.4) is 0 Å². The summed E-state index contributed by atoms with van der Waals surface area (Å²) in [6.07, 6.45) is 6.29. The Hall–Kier alpha value is -0.920. The first kappa shape index (κ1) is 6.20. The highest BCUT2D eigenvalue weighted by atomic mass is 16.3. The van der Waals surface area contributed by atoms with Crippen LogP contribution in [0.25, 0.3) is 0 Å². The maximum atomic E-state index is 8.94. The normalized spacial score (nSPS) is 18.3. The van der Waals surface area contributed by atoms with Crippen molar-refractivity contribution >= 4 is 0 Å². The van der Waals surface area contributed by atoms with Gasteiger partial charge in [-0.1, -0.05) is 6.08 Å². The third-order valence-electron chi connectivity index (χ3n) is 1.26. The first-order valence-electron chi connectivity index (χ1n) is 2.94. The summed E-state index contributed by atoms with van der Waals surface area (Å²) in [5, 5.41) is 11.9. The van der Waals surface area contributed by atoms with Crippen LogP contribution in [-0.2, 0) is 0 Å². The van der Waals surface area contributed by atoms with Gasteiger partial charge in [-0.3, -0.25) is 0 Å². The van der Waals surface area contributed by atoms with Gasteiger partial charge in [0.05, 0.1) is 5.76 Å². The lowest BCUT2D eigenvalue weighted by atomic mass is 10.1. The number of hydrogen-bond donors (Lipinski definition) is 2. The zero-order chi connectivity index (χ0) is 6.69. The third kappa shape index (κ3) is 1.49. The van der Waals surface area contributed by atoms with Crippen LogP contribution in [0, 0.1) is 6.42 Å². The number of nitrogens with one attached hydrogen (secondary N) is 1. The van der Waals surface area contributed by atoms with Crippen molar-refractivity contribution in [1.82, 2.24) is 5.32 Å². The van der Waals surface area contributed by atoms with Crippen molar-refractivity contribution in [1.29, 1.82) is 0 Å². The highest BCUT2D eigenvalue weighted by Gasteiger charge is 2.00. The van der Waals surface area contributed by atoms with Crippen molar-refractivity contribution in [2.24, 2.45) is 0 Å². The van der Waals surface area contributed by atoms with Crippen molar-refractivity contribution in [3.8, 4) is 0 Å². The summed E-state index contributed by atoms with van der Waals surface area (Å²) in [7, 11) is 1.83. The van der Waals surface area contributed by atoms with E-state index in [0.29, 0.717) is 5.76 Å². The lowest BCUT2D eigenvalue weighted by molar-refractivity contribution is 0.416. The molecule has 0 aromatic heterocycles. The molecule has 0 heterocycles. The number of aliphatic hydroxyl groups excluding tert-OH is 1. The fraction of sp³-hybridized carbons (Fsp3) is 0.286. The van der Waals surface area contributed by atoms with E-state index in [2.05, 4.69) is 5.32 Å². The molecule has 0 fully saturated rings. The summed E-state index contributed by atoms with van der Waals surface area (Å²) in [5.74, 6) is 0.349. The van der Waals surface area contributed by atoms with Gasteiger partial charge in [0.1, 0.15) is 0 Å². The molecule has 2 heteroatoms. The first-order valence-corrected chi connectivity index (χ1v) is 2.94. The molecule has 0 spiro atoms. The topological polar surface area (TPSA) is 32.3 Å². The van der Waals surface area contributed by atoms with E-state index in [-0.39, 0.29) is 0 Å². The van der Waals surface area contributed by atoms with Gasteiger partial charge in [-0.2, -0.15) is 0 Å². The van der Waals surface area contributed by atoms with Gasteiger partial charge in [-0.25, -0.2) is 0 Å². The predicted octanol–water partition coefficient (Wildman–Crippen LogP) is 1.14. The smallest absolute Gasteiger partial charge is 0.0984 e. The summed E-state index contributed by atoms with van der Waals surface area (Å²) in [6.45, 7) is 0. The maximum absolute atomic E-state index is 8.94. The summed E-state index contributed by atoms with van der Waals surface area (Å²) < 4.78 is 0. The second-order valence-electron chi connectivity index (χ2n) is 1.92. The standard InChI is InChI=1S/C7H10NO/c1-8-6-3-2-4-7(9)5-6/h3-5,8-9H,2H2,1H3. The van der Waals surface area contributed by atoms with Crippen molar-refractivity contribution in [2.45, 2.75) is 6.42 Å². The lowest BCUT2D eigenvalue weighted by Crippen LogP contribution is -2.06. The van der Waals surface area contributed by atoms with E-state index < -0.39 is 0 Å². The molecule has 1 aliphatic rings. The van der Waals surface area contributed by atoms with Crippen molar-refractivity contribution in [2.75, 3.05) is 7.05 Å². The Balaban J connectivity index is 2.63. The minimum atomic E-state index is 0.349. The fourth-order valence-corrected chi connectivity index (χ4v) is 0.758. The fourth-order valence-electron chi connectivity index (χ4n) is 0.758. The molecule has 1 radical (unpaired) electrons. The number of allylic oxidation sites excluding steroid dienone is 3. The van der Waals surface area contributed by atoms with Crippen LogP contribution in [-0.4, -0.2) is 12.2 Å². The Morgan fingerprint density at radius 1 is 1.67 bits per heavy atom. The van der Waals surface area contributed by atoms with E-state index in [9.17, 15) is 0 Å². The van der Waals surface area contributed by atoms with Crippen LogP contribution in [0.2, 0.25) is 0 Å². The van der Waals surface area contributed by atoms with E-state index in [1.807, 2.05) is 13.1 Å². The van der Waals surface area contributed by atoms with Crippen LogP contribution in [0.15, 0.2) is 23.6 Å². The van der Waals surface area contributed by atoms with Crippen molar-refractivity contribution < 1.29 is 5.11 Å². The Morgan fingerprint density at radius 3 is 2.89 bits per heavy atom. The number of aliphatic hydroxyl groups is 1. The minimum absolute atomic E-state index is 0.349. The van der Waals surface area contributed by atoms with Crippen molar-refractivity contribution in [3.63, 3.8) is 0 Å². The average Bonchev–Trinajstić information content (AvgIpc) is 1.88. The third-order valence-corrected chi connectivity index (χ3v) is 1.26. The molecule has 9 heavy (non-hydrogen) atoms. The Kier molecular flexibility index (Phi) is 1.78. The van der Waals surface area contributed by atoms with Crippen LogP contribution in [0.4, 0.5) is 0 Å². The van der Waals surface area contributed by atoms with Gasteiger partial charge in [-0.05, 0) is 12.5 Å². The van der Waals surface area contributed by atoms with Gasteiger partial charge >= 0.3 is 0 Å². The molecule has 0 aromatic rings. The van der Waals surface area contributed by atoms with Crippen LogP contribution in [0.1, 0.15) is 6.42 Å². The molecule has 49 valence electrons. The second-order valence-corrected chi connectivity index (χ2v) is 1.92. The van der Waals surface area contributed by atoms with E-state index in [1.165, 1.54) is 0 Å². The van der Waals surface area contributed by atoms with Gasteiger partial charge in [0.2, 0.25) is 0 Å². The molecule has 0 atom stereocenters. The summed E-state index contributed by atoms with van der Waals surface area (Å²) >= 11 is 0. The lowest BCUT2D eigenvalue weighted by Gasteiger charge is -2.07. The van der Waals surface area contributed by atoms with Crippen LogP contribution in [0.5, 0.6) is 0 Å². The van der Waals surface area contributed by atoms with Crippen LogP contribution >= 0.6 is 0 Å². The number of hydrogen-bond acceptors (Lipinski definition) is 2. The average molecular weight is 124 g/mol. The van der Waals surface area contributed by atoms with Gasteiger partial charge in [0, 0.05) is 19.2 Å².